The molecule has 0 bridgehead atoms. The zero-order valence-electron chi connectivity index (χ0n) is 22.8. The lowest BCUT2D eigenvalue weighted by molar-refractivity contribution is 0.0783. The first-order chi connectivity index (χ1) is 20.0. The molecule has 1 atom stereocenters. The summed E-state index contributed by atoms with van der Waals surface area (Å²) in [6.45, 7) is 4.23. The van der Waals surface area contributed by atoms with Gasteiger partial charge in [0.15, 0.2) is 0 Å². The minimum atomic E-state index is -0.284. The Morgan fingerprint density at radius 2 is 1.49 bits per heavy atom. The Kier molecular flexibility index (Phi) is 7.65. The molecular weight excluding hydrogens is 514 g/mol. The normalized spacial score (nSPS) is 16.9. The van der Waals surface area contributed by atoms with Crippen LogP contribution in [0.4, 0.5) is 11.5 Å². The monoisotopic (exact) mass is 547 g/mol. The Labute approximate surface area is 239 Å². The van der Waals surface area contributed by atoms with Crippen molar-refractivity contribution in [2.24, 2.45) is 0 Å². The van der Waals surface area contributed by atoms with E-state index in [4.69, 9.17) is 10.5 Å². The number of hydrogen-bond acceptors (Lipinski definition) is 6. The van der Waals surface area contributed by atoms with E-state index in [-0.39, 0.29) is 23.7 Å². The number of likely N-dealkylation sites (tertiary alicyclic amines) is 1. The molecule has 0 spiro atoms. The summed E-state index contributed by atoms with van der Waals surface area (Å²) >= 11 is 0. The third kappa shape index (κ3) is 5.93. The molecule has 208 valence electrons. The average Bonchev–Trinajstić information content (AvgIpc) is 3.50. The fourth-order valence-corrected chi connectivity index (χ4v) is 5.45. The van der Waals surface area contributed by atoms with Gasteiger partial charge < -0.3 is 25.6 Å². The van der Waals surface area contributed by atoms with Crippen LogP contribution in [-0.2, 0) is 4.74 Å². The molecule has 3 N–H and O–H groups in total. The molecule has 1 unspecified atom stereocenters. The maximum atomic E-state index is 13.2. The highest BCUT2D eigenvalue weighted by Gasteiger charge is 2.29. The topological polar surface area (TPSA) is 101 Å². The first-order valence-corrected chi connectivity index (χ1v) is 14.0. The highest BCUT2D eigenvalue weighted by Crippen LogP contribution is 2.26. The number of nitrogens with one attached hydrogen (secondary N) is 1. The zero-order chi connectivity index (χ0) is 28.2. The first kappa shape index (κ1) is 26.5. The van der Waals surface area contributed by atoms with Crippen LogP contribution in [0.3, 0.4) is 0 Å². The molecule has 41 heavy (non-hydrogen) atoms. The fourth-order valence-electron chi connectivity index (χ4n) is 5.45. The second-order valence-corrected chi connectivity index (χ2v) is 10.5. The van der Waals surface area contributed by atoms with Crippen molar-refractivity contribution in [2.45, 2.75) is 12.5 Å². The number of nitrogens with two attached hydrogens (primary N) is 1. The lowest BCUT2D eigenvalue weighted by Crippen LogP contribution is -2.38. The third-order valence-electron chi connectivity index (χ3n) is 7.79. The summed E-state index contributed by atoms with van der Waals surface area (Å²) in [4.78, 5) is 34.8. The van der Waals surface area contributed by atoms with Crippen molar-refractivity contribution in [1.82, 2.24) is 15.2 Å². The van der Waals surface area contributed by atoms with E-state index in [2.05, 4.69) is 27.3 Å². The van der Waals surface area contributed by atoms with Crippen LogP contribution in [0.25, 0.3) is 22.3 Å². The summed E-state index contributed by atoms with van der Waals surface area (Å²) in [7, 11) is 0. The minimum absolute atomic E-state index is 0.0370. The van der Waals surface area contributed by atoms with Crippen molar-refractivity contribution >= 4 is 23.3 Å². The molecule has 0 saturated carbocycles. The van der Waals surface area contributed by atoms with Crippen molar-refractivity contribution in [3.63, 3.8) is 0 Å². The molecule has 2 saturated heterocycles. The Hall–Kier alpha value is -4.69. The summed E-state index contributed by atoms with van der Waals surface area (Å²) < 4.78 is 5.45. The van der Waals surface area contributed by atoms with Crippen molar-refractivity contribution in [3.05, 3.63) is 102 Å². The maximum absolute atomic E-state index is 13.2. The van der Waals surface area contributed by atoms with Crippen molar-refractivity contribution in [2.75, 3.05) is 50.0 Å². The number of morpholine rings is 1. The van der Waals surface area contributed by atoms with E-state index >= 15 is 0 Å². The minimum Gasteiger partial charge on any atom is -0.383 e. The molecule has 6 rings (SSSR count). The Bertz CT molecular complexity index is 1520. The smallest absolute Gasteiger partial charge is 0.255 e. The van der Waals surface area contributed by atoms with E-state index in [0.29, 0.717) is 30.6 Å². The highest BCUT2D eigenvalue weighted by atomic mass is 16.5. The number of pyridine rings is 1. The van der Waals surface area contributed by atoms with Crippen LogP contribution >= 0.6 is 0 Å². The largest absolute Gasteiger partial charge is 0.383 e. The molecule has 3 aromatic carbocycles. The van der Waals surface area contributed by atoms with Crippen molar-refractivity contribution in [1.29, 1.82) is 0 Å². The van der Waals surface area contributed by atoms with E-state index in [9.17, 15) is 9.59 Å². The van der Waals surface area contributed by atoms with Crippen LogP contribution in [-0.4, -0.2) is 67.1 Å². The van der Waals surface area contributed by atoms with Gasteiger partial charge in [-0.2, -0.15) is 0 Å². The fraction of sp³-hybridized carbons (Fsp3) is 0.242. The molecular formula is C33H33N5O3. The van der Waals surface area contributed by atoms with Crippen LogP contribution < -0.4 is 16.0 Å². The standard InChI is InChI=1S/C33H33N5O3/c34-31-30(20-27(21-35-31)25-10-12-29(13-11-25)37-16-18-41-19-17-37)32(39)36-28-14-15-38(22-28)33(40)26-8-6-24(7-9-26)23-4-2-1-3-5-23/h1-13,20-21,28H,14-19,22H2,(H2,34,35)(H,36,39). The van der Waals surface area contributed by atoms with Crippen LogP contribution in [0.1, 0.15) is 27.1 Å². The maximum Gasteiger partial charge on any atom is 0.255 e. The van der Waals surface area contributed by atoms with Crippen LogP contribution in [0, 0.1) is 0 Å². The number of nitrogens with zero attached hydrogens (tertiary/aromatic N) is 3. The summed E-state index contributed by atoms with van der Waals surface area (Å²) in [6, 6.07) is 27.6. The van der Waals surface area contributed by atoms with Gasteiger partial charge in [-0.1, -0.05) is 54.6 Å². The molecule has 1 aromatic heterocycles. The number of carbonyl (C=O) groups excluding carboxylic acids is 2. The summed E-state index contributed by atoms with van der Waals surface area (Å²) in [5.74, 6) is -0.140. The predicted octanol–water partition coefficient (Wildman–Crippen LogP) is 4.48. The van der Waals surface area contributed by atoms with E-state index < -0.39 is 0 Å². The van der Waals surface area contributed by atoms with Gasteiger partial charge in [-0.15, -0.1) is 0 Å². The molecule has 2 fully saturated rings. The van der Waals surface area contributed by atoms with Gasteiger partial charge in [0.05, 0.1) is 18.8 Å². The number of carbonyl (C=O) groups is 2. The number of ether oxygens (including phenoxy) is 1. The number of benzene rings is 3. The number of hydrogen-bond donors (Lipinski definition) is 2. The van der Waals surface area contributed by atoms with E-state index in [1.165, 1.54) is 0 Å². The number of aromatic nitrogens is 1. The van der Waals surface area contributed by atoms with E-state index in [1.807, 2.05) is 66.7 Å². The second-order valence-electron chi connectivity index (χ2n) is 10.5. The Morgan fingerprint density at radius 3 is 2.22 bits per heavy atom. The van der Waals surface area contributed by atoms with Crippen LogP contribution in [0.15, 0.2) is 91.1 Å². The highest BCUT2D eigenvalue weighted by molar-refractivity contribution is 6.00. The quantitative estimate of drug-likeness (QED) is 0.369. The molecule has 4 aromatic rings. The molecule has 8 nitrogen and oxygen atoms in total. The molecule has 2 amide bonds. The van der Waals surface area contributed by atoms with Crippen LogP contribution in [0.2, 0.25) is 0 Å². The van der Waals surface area contributed by atoms with Gasteiger partial charge in [0, 0.05) is 55.2 Å². The molecule has 2 aliphatic rings. The number of amides is 2. The van der Waals surface area contributed by atoms with Gasteiger partial charge in [-0.3, -0.25) is 9.59 Å². The Morgan fingerprint density at radius 1 is 0.829 bits per heavy atom. The van der Waals surface area contributed by atoms with Gasteiger partial charge in [-0.25, -0.2) is 4.98 Å². The summed E-state index contributed by atoms with van der Waals surface area (Å²) in [5.41, 5.74) is 12.2. The SMILES string of the molecule is Nc1ncc(-c2ccc(N3CCOCC3)cc2)cc1C(=O)NC1CCN(C(=O)c2ccc(-c3ccccc3)cc2)C1. The molecule has 3 heterocycles. The average molecular weight is 548 g/mol. The second kappa shape index (κ2) is 11.8. The summed E-state index contributed by atoms with van der Waals surface area (Å²) in [5, 5.41) is 3.06. The summed E-state index contributed by atoms with van der Waals surface area (Å²) in [6.07, 6.45) is 2.37. The van der Waals surface area contributed by atoms with Crippen molar-refractivity contribution < 1.29 is 14.3 Å². The van der Waals surface area contributed by atoms with Crippen molar-refractivity contribution in [3.8, 4) is 22.3 Å². The molecule has 2 aliphatic heterocycles. The molecule has 8 heteroatoms. The van der Waals surface area contributed by atoms with Gasteiger partial charge in [-0.05, 0) is 53.4 Å². The molecule has 0 radical (unpaired) electrons. The molecule has 0 aliphatic carbocycles. The van der Waals surface area contributed by atoms with E-state index in [1.54, 1.807) is 17.2 Å². The predicted molar refractivity (Wildman–Crippen MR) is 161 cm³/mol. The number of anilines is 2. The lowest BCUT2D eigenvalue weighted by atomic mass is 10.0. The van der Waals surface area contributed by atoms with Crippen LogP contribution in [0.5, 0.6) is 0 Å². The number of nitrogen functional groups attached to an aromatic ring is 1. The lowest BCUT2D eigenvalue weighted by Gasteiger charge is -2.28. The zero-order valence-corrected chi connectivity index (χ0v) is 22.8. The van der Waals surface area contributed by atoms with Gasteiger partial charge in [0.25, 0.3) is 11.8 Å². The number of rotatable bonds is 6. The third-order valence-corrected chi connectivity index (χ3v) is 7.79. The van der Waals surface area contributed by atoms with Gasteiger partial charge in [0.1, 0.15) is 5.82 Å². The van der Waals surface area contributed by atoms with E-state index in [0.717, 1.165) is 54.2 Å². The first-order valence-electron chi connectivity index (χ1n) is 14.0. The van der Waals surface area contributed by atoms with Gasteiger partial charge in [0.2, 0.25) is 0 Å². The Balaban J connectivity index is 1.08. The van der Waals surface area contributed by atoms with Gasteiger partial charge >= 0.3 is 0 Å².